The SMILES string of the molecule is CCOC(=O)C(NCC1CC1)c1c(C)cc(C)cc1C. The van der Waals surface area contributed by atoms with Crippen LogP contribution < -0.4 is 5.32 Å². The smallest absolute Gasteiger partial charge is 0.327 e. The van der Waals surface area contributed by atoms with Gasteiger partial charge in [-0.1, -0.05) is 17.7 Å². The normalized spacial score (nSPS) is 16.0. The van der Waals surface area contributed by atoms with Gasteiger partial charge < -0.3 is 10.1 Å². The van der Waals surface area contributed by atoms with Crippen molar-refractivity contribution in [1.82, 2.24) is 5.32 Å². The zero-order valence-electron chi connectivity index (χ0n) is 13.0. The average Bonchev–Trinajstić information content (AvgIpc) is 3.16. The first-order valence-electron chi connectivity index (χ1n) is 7.50. The van der Waals surface area contributed by atoms with Crippen LogP contribution in [-0.4, -0.2) is 19.1 Å². The minimum Gasteiger partial charge on any atom is -0.465 e. The van der Waals surface area contributed by atoms with Crippen LogP contribution in [0.25, 0.3) is 0 Å². The topological polar surface area (TPSA) is 38.3 Å². The molecule has 0 saturated heterocycles. The standard InChI is InChI=1S/C17H25NO2/c1-5-20-17(19)16(18-10-14-6-7-14)15-12(3)8-11(2)9-13(15)4/h8-9,14,16,18H,5-7,10H2,1-4H3. The van der Waals surface area contributed by atoms with Crippen molar-refractivity contribution in [2.75, 3.05) is 13.2 Å². The highest BCUT2D eigenvalue weighted by Crippen LogP contribution is 2.30. The molecular weight excluding hydrogens is 250 g/mol. The average molecular weight is 275 g/mol. The summed E-state index contributed by atoms with van der Waals surface area (Å²) in [6, 6.07) is 3.93. The van der Waals surface area contributed by atoms with Gasteiger partial charge in [0.1, 0.15) is 6.04 Å². The molecule has 1 saturated carbocycles. The number of carbonyl (C=O) groups is 1. The van der Waals surface area contributed by atoms with E-state index in [0.29, 0.717) is 6.61 Å². The van der Waals surface area contributed by atoms with Crippen LogP contribution >= 0.6 is 0 Å². The summed E-state index contributed by atoms with van der Waals surface area (Å²) in [6.07, 6.45) is 2.54. The lowest BCUT2D eigenvalue weighted by molar-refractivity contribution is -0.145. The summed E-state index contributed by atoms with van der Waals surface area (Å²) in [7, 11) is 0. The van der Waals surface area contributed by atoms with E-state index in [1.165, 1.54) is 18.4 Å². The molecule has 0 amide bonds. The molecule has 1 unspecified atom stereocenters. The van der Waals surface area contributed by atoms with E-state index >= 15 is 0 Å². The van der Waals surface area contributed by atoms with Crippen LogP contribution in [0.2, 0.25) is 0 Å². The van der Waals surface area contributed by atoms with Gasteiger partial charge in [-0.3, -0.25) is 0 Å². The fraction of sp³-hybridized carbons (Fsp3) is 0.588. The number of esters is 1. The zero-order valence-corrected chi connectivity index (χ0v) is 13.0. The van der Waals surface area contributed by atoms with Gasteiger partial charge in [-0.25, -0.2) is 4.79 Å². The van der Waals surface area contributed by atoms with Crippen LogP contribution in [0, 0.1) is 26.7 Å². The molecule has 0 bridgehead atoms. The minimum absolute atomic E-state index is 0.164. The highest BCUT2D eigenvalue weighted by atomic mass is 16.5. The lowest BCUT2D eigenvalue weighted by atomic mass is 9.94. The maximum Gasteiger partial charge on any atom is 0.327 e. The van der Waals surface area contributed by atoms with Gasteiger partial charge in [-0.05, 0) is 69.7 Å². The number of hydrogen-bond donors (Lipinski definition) is 1. The predicted molar refractivity (Wildman–Crippen MR) is 80.8 cm³/mol. The third kappa shape index (κ3) is 3.60. The maximum absolute atomic E-state index is 12.3. The molecule has 3 nitrogen and oxygen atoms in total. The molecule has 0 radical (unpaired) electrons. The Kier molecular flexibility index (Phi) is 4.81. The molecule has 3 heteroatoms. The maximum atomic E-state index is 12.3. The molecule has 0 aliphatic heterocycles. The van der Waals surface area contributed by atoms with Gasteiger partial charge in [-0.2, -0.15) is 0 Å². The fourth-order valence-electron chi connectivity index (χ4n) is 2.78. The lowest BCUT2D eigenvalue weighted by Gasteiger charge is -2.22. The van der Waals surface area contributed by atoms with Crippen molar-refractivity contribution in [3.8, 4) is 0 Å². The monoisotopic (exact) mass is 275 g/mol. The summed E-state index contributed by atoms with van der Waals surface area (Å²) in [5.74, 6) is 0.571. The molecule has 1 N–H and O–H groups in total. The third-order valence-corrected chi connectivity index (χ3v) is 3.86. The Morgan fingerprint density at radius 3 is 2.40 bits per heavy atom. The molecule has 1 aromatic rings. The molecule has 0 aromatic heterocycles. The van der Waals surface area contributed by atoms with Crippen LogP contribution in [0.1, 0.15) is 48.1 Å². The number of ether oxygens (including phenoxy) is 1. The van der Waals surface area contributed by atoms with Crippen molar-refractivity contribution in [3.63, 3.8) is 0 Å². The zero-order chi connectivity index (χ0) is 14.7. The third-order valence-electron chi connectivity index (χ3n) is 3.86. The number of aryl methyl sites for hydroxylation is 3. The van der Waals surface area contributed by atoms with Gasteiger partial charge in [0.2, 0.25) is 0 Å². The summed E-state index contributed by atoms with van der Waals surface area (Å²) >= 11 is 0. The Labute approximate surface area is 121 Å². The molecule has 1 aromatic carbocycles. The van der Waals surface area contributed by atoms with Crippen LogP contribution in [0.5, 0.6) is 0 Å². The number of nitrogens with one attached hydrogen (secondary N) is 1. The van der Waals surface area contributed by atoms with Gasteiger partial charge in [0.25, 0.3) is 0 Å². The minimum atomic E-state index is -0.337. The van der Waals surface area contributed by atoms with Crippen molar-refractivity contribution in [2.45, 2.75) is 46.6 Å². The van der Waals surface area contributed by atoms with Crippen molar-refractivity contribution < 1.29 is 9.53 Å². The summed E-state index contributed by atoms with van der Waals surface area (Å²) in [4.78, 5) is 12.3. The molecular formula is C17H25NO2. The van der Waals surface area contributed by atoms with E-state index in [1.54, 1.807) is 0 Å². The highest BCUT2D eigenvalue weighted by molar-refractivity contribution is 5.78. The Hall–Kier alpha value is -1.35. The first-order chi connectivity index (χ1) is 9.52. The van der Waals surface area contributed by atoms with Crippen molar-refractivity contribution in [1.29, 1.82) is 0 Å². The van der Waals surface area contributed by atoms with Crippen LogP contribution in [0.15, 0.2) is 12.1 Å². The van der Waals surface area contributed by atoms with Gasteiger partial charge in [0, 0.05) is 0 Å². The van der Waals surface area contributed by atoms with E-state index < -0.39 is 0 Å². The van der Waals surface area contributed by atoms with Crippen LogP contribution in [0.4, 0.5) is 0 Å². The van der Waals surface area contributed by atoms with Gasteiger partial charge >= 0.3 is 5.97 Å². The number of benzene rings is 1. The van der Waals surface area contributed by atoms with E-state index in [1.807, 2.05) is 6.92 Å². The largest absolute Gasteiger partial charge is 0.465 e. The Bertz CT molecular complexity index is 469. The predicted octanol–water partition coefficient (Wildman–Crippen LogP) is 3.22. The number of carbonyl (C=O) groups excluding carboxylic acids is 1. The van der Waals surface area contributed by atoms with Crippen molar-refractivity contribution >= 4 is 5.97 Å². The summed E-state index contributed by atoms with van der Waals surface area (Å²) in [5, 5.41) is 3.41. The second-order valence-electron chi connectivity index (χ2n) is 5.85. The van der Waals surface area contributed by atoms with E-state index in [-0.39, 0.29) is 12.0 Å². The molecule has 1 aliphatic carbocycles. The molecule has 1 atom stereocenters. The van der Waals surface area contributed by atoms with E-state index in [2.05, 4.69) is 38.2 Å². The van der Waals surface area contributed by atoms with E-state index in [9.17, 15) is 4.79 Å². The molecule has 0 heterocycles. The highest BCUT2D eigenvalue weighted by Gasteiger charge is 2.28. The van der Waals surface area contributed by atoms with Crippen LogP contribution in [0.3, 0.4) is 0 Å². The Morgan fingerprint density at radius 2 is 1.90 bits per heavy atom. The van der Waals surface area contributed by atoms with Crippen molar-refractivity contribution in [2.24, 2.45) is 5.92 Å². The molecule has 1 fully saturated rings. The molecule has 0 spiro atoms. The molecule has 2 rings (SSSR count). The van der Waals surface area contributed by atoms with Crippen molar-refractivity contribution in [3.05, 3.63) is 34.4 Å². The number of hydrogen-bond acceptors (Lipinski definition) is 3. The molecule has 110 valence electrons. The van der Waals surface area contributed by atoms with Gasteiger partial charge in [-0.15, -0.1) is 0 Å². The first kappa shape index (κ1) is 15.0. The summed E-state index contributed by atoms with van der Waals surface area (Å²) in [6.45, 7) is 9.40. The second-order valence-corrected chi connectivity index (χ2v) is 5.85. The molecule has 20 heavy (non-hydrogen) atoms. The number of rotatable bonds is 6. The van der Waals surface area contributed by atoms with Gasteiger partial charge in [0.15, 0.2) is 0 Å². The molecule has 1 aliphatic rings. The Balaban J connectivity index is 2.26. The Morgan fingerprint density at radius 1 is 1.30 bits per heavy atom. The summed E-state index contributed by atoms with van der Waals surface area (Å²) in [5.41, 5.74) is 4.62. The first-order valence-corrected chi connectivity index (χ1v) is 7.50. The second kappa shape index (κ2) is 6.40. The van der Waals surface area contributed by atoms with E-state index in [4.69, 9.17) is 4.74 Å². The lowest BCUT2D eigenvalue weighted by Crippen LogP contribution is -2.33. The van der Waals surface area contributed by atoms with Gasteiger partial charge in [0.05, 0.1) is 6.61 Å². The van der Waals surface area contributed by atoms with E-state index in [0.717, 1.165) is 29.2 Å². The summed E-state index contributed by atoms with van der Waals surface area (Å²) < 4.78 is 5.25. The fourth-order valence-corrected chi connectivity index (χ4v) is 2.78. The van der Waals surface area contributed by atoms with Crippen LogP contribution in [-0.2, 0) is 9.53 Å². The quantitative estimate of drug-likeness (QED) is 0.810.